The number of ether oxygens (including phenoxy) is 3. The normalized spacial score (nSPS) is 10.6. The van der Waals surface area contributed by atoms with Gasteiger partial charge in [-0.25, -0.2) is 4.79 Å². The molecule has 0 saturated carbocycles. The van der Waals surface area contributed by atoms with Crippen molar-refractivity contribution in [3.8, 4) is 11.5 Å². The lowest BCUT2D eigenvalue weighted by Gasteiger charge is -2.22. The number of nitrogens with two attached hydrogens (primary N) is 1. The summed E-state index contributed by atoms with van der Waals surface area (Å²) in [6.45, 7) is 1.82. The highest BCUT2D eigenvalue weighted by Crippen LogP contribution is 2.36. The first-order valence-corrected chi connectivity index (χ1v) is 10.2. The van der Waals surface area contributed by atoms with Crippen LogP contribution in [0.25, 0.3) is 6.08 Å². The van der Waals surface area contributed by atoms with Gasteiger partial charge in [0.1, 0.15) is 0 Å². The fraction of sp³-hybridized carbons (Fsp3) is 0.261. The molecule has 0 bridgehead atoms. The van der Waals surface area contributed by atoms with Crippen molar-refractivity contribution in [1.29, 1.82) is 0 Å². The molecule has 0 unspecified atom stereocenters. The van der Waals surface area contributed by atoms with Gasteiger partial charge in [-0.05, 0) is 42.8 Å². The molecule has 0 fully saturated rings. The number of methoxy groups -OCH3 is 1. The van der Waals surface area contributed by atoms with E-state index in [1.165, 1.54) is 24.2 Å². The first-order valence-electron chi connectivity index (χ1n) is 9.84. The van der Waals surface area contributed by atoms with Crippen LogP contribution in [0.3, 0.4) is 0 Å². The van der Waals surface area contributed by atoms with Crippen molar-refractivity contribution in [2.24, 2.45) is 5.73 Å². The van der Waals surface area contributed by atoms with Crippen LogP contribution < -0.4 is 20.1 Å². The zero-order valence-corrected chi connectivity index (χ0v) is 18.6. The first-order chi connectivity index (χ1) is 15.3. The van der Waals surface area contributed by atoms with Crippen LogP contribution in [0.15, 0.2) is 48.5 Å². The number of nitrogens with zero attached hydrogens (tertiary/aromatic N) is 1. The molecule has 32 heavy (non-hydrogen) atoms. The van der Waals surface area contributed by atoms with E-state index in [4.69, 9.17) is 31.5 Å². The fourth-order valence-corrected chi connectivity index (χ4v) is 3.09. The molecular weight excluding hydrogens is 436 g/mol. The molecular formula is C23H25ClN2O6. The number of amides is 2. The summed E-state index contributed by atoms with van der Waals surface area (Å²) in [5.74, 6) is -0.894. The van der Waals surface area contributed by atoms with Crippen LogP contribution in [0.4, 0.5) is 5.69 Å². The Morgan fingerprint density at radius 3 is 2.50 bits per heavy atom. The number of anilines is 1. The molecule has 0 radical (unpaired) electrons. The van der Waals surface area contributed by atoms with Gasteiger partial charge in [0.25, 0.3) is 5.91 Å². The number of esters is 1. The Labute approximate surface area is 191 Å². The van der Waals surface area contributed by atoms with E-state index in [-0.39, 0.29) is 13.0 Å². The third kappa shape index (κ3) is 7.31. The molecule has 0 aliphatic carbocycles. The smallest absolute Gasteiger partial charge is 0.331 e. The average Bonchev–Trinajstić information content (AvgIpc) is 2.77. The summed E-state index contributed by atoms with van der Waals surface area (Å²) in [5.41, 5.74) is 6.36. The predicted molar refractivity (Wildman–Crippen MR) is 122 cm³/mol. The van der Waals surface area contributed by atoms with Crippen LogP contribution >= 0.6 is 11.6 Å². The molecule has 0 atom stereocenters. The van der Waals surface area contributed by atoms with Crippen LogP contribution in [-0.2, 0) is 19.1 Å². The van der Waals surface area contributed by atoms with E-state index >= 15 is 0 Å². The second-order valence-corrected chi connectivity index (χ2v) is 6.91. The van der Waals surface area contributed by atoms with Crippen LogP contribution in [0.1, 0.15) is 18.9 Å². The standard InChI is InChI=1S/C23H25ClN2O6/c1-3-31-19-14-16(13-18(24)23(19)30-2)9-10-22(29)32-15-21(28)26(12-11-20(25)27)17-7-5-4-6-8-17/h4-10,13-14H,3,11-12,15H2,1-2H3,(H2,25,27)/b10-9+. The van der Waals surface area contributed by atoms with E-state index in [1.54, 1.807) is 42.5 Å². The molecule has 0 saturated heterocycles. The molecule has 2 aromatic carbocycles. The van der Waals surface area contributed by atoms with Gasteiger partial charge in [0.15, 0.2) is 18.1 Å². The zero-order chi connectivity index (χ0) is 23.5. The Kier molecular flexibility index (Phi) is 9.56. The third-order valence-electron chi connectivity index (χ3n) is 4.24. The first kappa shape index (κ1) is 24.7. The molecule has 2 amide bonds. The highest BCUT2D eigenvalue weighted by Gasteiger charge is 2.18. The van der Waals surface area contributed by atoms with E-state index < -0.39 is 24.4 Å². The monoisotopic (exact) mass is 460 g/mol. The quantitative estimate of drug-likeness (QED) is 0.407. The number of hydrogen-bond acceptors (Lipinski definition) is 6. The highest BCUT2D eigenvalue weighted by molar-refractivity contribution is 6.32. The lowest BCUT2D eigenvalue weighted by molar-refractivity contribution is -0.143. The summed E-state index contributed by atoms with van der Waals surface area (Å²) >= 11 is 6.20. The maximum atomic E-state index is 12.6. The van der Waals surface area contributed by atoms with E-state index in [2.05, 4.69) is 0 Å². The van der Waals surface area contributed by atoms with Gasteiger partial charge >= 0.3 is 5.97 Å². The Balaban J connectivity index is 2.03. The van der Waals surface area contributed by atoms with Crippen molar-refractivity contribution in [2.75, 3.05) is 31.8 Å². The Hall–Kier alpha value is -3.52. The SMILES string of the molecule is CCOc1cc(/C=C/C(=O)OCC(=O)N(CCC(N)=O)c2ccccc2)cc(Cl)c1OC. The van der Waals surface area contributed by atoms with Gasteiger partial charge in [-0.3, -0.25) is 9.59 Å². The van der Waals surface area contributed by atoms with Crippen LogP contribution in [0.5, 0.6) is 11.5 Å². The number of carbonyl (C=O) groups is 3. The summed E-state index contributed by atoms with van der Waals surface area (Å²) in [4.78, 5) is 37.2. The number of primary amides is 1. The average molecular weight is 461 g/mol. The minimum atomic E-state index is -0.717. The molecule has 0 heterocycles. The number of carbonyl (C=O) groups excluding carboxylic acids is 3. The lowest BCUT2D eigenvalue weighted by atomic mass is 10.2. The number of halogens is 1. The number of rotatable bonds is 11. The van der Waals surface area contributed by atoms with Gasteiger partial charge in [0.05, 0.1) is 18.7 Å². The minimum Gasteiger partial charge on any atom is -0.491 e. The summed E-state index contributed by atoms with van der Waals surface area (Å²) in [6, 6.07) is 12.0. The van der Waals surface area contributed by atoms with Crippen molar-refractivity contribution in [1.82, 2.24) is 0 Å². The number of hydrogen-bond donors (Lipinski definition) is 1. The second kappa shape index (κ2) is 12.4. The van der Waals surface area contributed by atoms with Crippen LogP contribution in [0.2, 0.25) is 5.02 Å². The predicted octanol–water partition coefficient (Wildman–Crippen LogP) is 3.21. The van der Waals surface area contributed by atoms with Crippen LogP contribution in [-0.4, -0.2) is 44.7 Å². The maximum Gasteiger partial charge on any atom is 0.331 e. The summed E-state index contributed by atoms with van der Waals surface area (Å²) < 4.78 is 15.8. The highest BCUT2D eigenvalue weighted by atomic mass is 35.5. The zero-order valence-electron chi connectivity index (χ0n) is 17.9. The summed E-state index contributed by atoms with van der Waals surface area (Å²) in [7, 11) is 1.48. The van der Waals surface area contributed by atoms with E-state index in [0.29, 0.717) is 34.4 Å². The van der Waals surface area contributed by atoms with Gasteiger partial charge in [0, 0.05) is 24.7 Å². The lowest BCUT2D eigenvalue weighted by Crippen LogP contribution is -2.37. The van der Waals surface area contributed by atoms with Crippen molar-refractivity contribution in [2.45, 2.75) is 13.3 Å². The molecule has 9 heteroatoms. The van der Waals surface area contributed by atoms with Gasteiger partial charge < -0.3 is 24.8 Å². The summed E-state index contributed by atoms with van der Waals surface area (Å²) in [5, 5.41) is 0.328. The molecule has 170 valence electrons. The number of benzene rings is 2. The van der Waals surface area contributed by atoms with Gasteiger partial charge in [0.2, 0.25) is 5.91 Å². The molecule has 0 aromatic heterocycles. The topological polar surface area (TPSA) is 108 Å². The molecule has 2 rings (SSSR count). The Bertz CT molecular complexity index is 978. The van der Waals surface area contributed by atoms with Crippen LogP contribution in [0, 0.1) is 0 Å². The second-order valence-electron chi connectivity index (χ2n) is 6.51. The number of para-hydroxylation sites is 1. The Morgan fingerprint density at radius 1 is 1.16 bits per heavy atom. The molecule has 0 aliphatic heterocycles. The van der Waals surface area contributed by atoms with E-state index in [9.17, 15) is 14.4 Å². The van der Waals surface area contributed by atoms with E-state index in [0.717, 1.165) is 0 Å². The minimum absolute atomic E-state index is 0.0190. The molecule has 0 spiro atoms. The Morgan fingerprint density at radius 2 is 1.88 bits per heavy atom. The van der Waals surface area contributed by atoms with Crippen molar-refractivity contribution < 1.29 is 28.6 Å². The molecule has 2 aromatic rings. The molecule has 2 N–H and O–H groups in total. The summed E-state index contributed by atoms with van der Waals surface area (Å²) in [6.07, 6.45) is 2.65. The van der Waals surface area contributed by atoms with E-state index in [1.807, 2.05) is 6.92 Å². The van der Waals surface area contributed by atoms with Crippen molar-refractivity contribution in [3.63, 3.8) is 0 Å². The maximum absolute atomic E-state index is 12.6. The fourth-order valence-electron chi connectivity index (χ4n) is 2.80. The van der Waals surface area contributed by atoms with Gasteiger partial charge in [-0.2, -0.15) is 0 Å². The van der Waals surface area contributed by atoms with Gasteiger partial charge in [-0.15, -0.1) is 0 Å². The molecule has 8 nitrogen and oxygen atoms in total. The third-order valence-corrected chi connectivity index (χ3v) is 4.52. The largest absolute Gasteiger partial charge is 0.491 e. The van der Waals surface area contributed by atoms with Gasteiger partial charge in [-0.1, -0.05) is 29.8 Å². The van der Waals surface area contributed by atoms with Crippen molar-refractivity contribution >= 4 is 41.1 Å². The van der Waals surface area contributed by atoms with Crippen molar-refractivity contribution in [3.05, 3.63) is 59.1 Å². The molecule has 0 aliphatic rings.